The molecule has 0 radical (unpaired) electrons. The summed E-state index contributed by atoms with van der Waals surface area (Å²) in [6.45, 7) is 1.86. The highest BCUT2D eigenvalue weighted by molar-refractivity contribution is 6.30. The van der Waals surface area contributed by atoms with Crippen molar-refractivity contribution < 1.29 is 9.50 Å². The number of hydrogen-bond donors (Lipinski definition) is 2. The van der Waals surface area contributed by atoms with Crippen molar-refractivity contribution in [3.63, 3.8) is 0 Å². The van der Waals surface area contributed by atoms with Crippen molar-refractivity contribution in [2.45, 2.75) is 25.5 Å². The second-order valence-electron chi connectivity index (χ2n) is 5.66. The fraction of sp³-hybridized carbons (Fsp3) is 0.353. The van der Waals surface area contributed by atoms with Crippen LogP contribution in [-0.4, -0.2) is 29.3 Å². The Labute approximate surface area is 139 Å². The Hall–Kier alpha value is -1.85. The lowest BCUT2D eigenvalue weighted by Gasteiger charge is -2.31. The summed E-state index contributed by atoms with van der Waals surface area (Å²) < 4.78 is 14.0. The third kappa shape index (κ3) is 3.74. The standard InChI is InChI=1S/C17H19ClFN3O/c18-14-4-1-3-12(16(14)19)11-21-15-5-2-8-20-17(15)22-9-6-13(23)7-10-22/h1-5,8,13,21,23H,6-7,9-11H2. The van der Waals surface area contributed by atoms with E-state index in [1.165, 1.54) is 6.07 Å². The van der Waals surface area contributed by atoms with Gasteiger partial charge in [0.2, 0.25) is 0 Å². The molecule has 0 unspecified atom stereocenters. The van der Waals surface area contributed by atoms with Crippen LogP contribution < -0.4 is 10.2 Å². The van der Waals surface area contributed by atoms with Crippen LogP contribution in [0.2, 0.25) is 5.02 Å². The van der Waals surface area contributed by atoms with E-state index in [9.17, 15) is 9.50 Å². The number of aliphatic hydroxyl groups is 1. The van der Waals surface area contributed by atoms with Gasteiger partial charge in [-0.15, -0.1) is 0 Å². The zero-order valence-electron chi connectivity index (χ0n) is 12.7. The zero-order valence-corrected chi connectivity index (χ0v) is 13.4. The minimum atomic E-state index is -0.395. The smallest absolute Gasteiger partial charge is 0.151 e. The number of pyridine rings is 1. The molecule has 1 aromatic heterocycles. The summed E-state index contributed by atoms with van der Waals surface area (Å²) in [5.41, 5.74) is 1.37. The summed E-state index contributed by atoms with van der Waals surface area (Å²) in [5, 5.41) is 13.0. The van der Waals surface area contributed by atoms with Crippen LogP contribution in [0.5, 0.6) is 0 Å². The molecule has 3 rings (SSSR count). The maximum absolute atomic E-state index is 14.0. The SMILES string of the molecule is OC1CCN(c2ncccc2NCc2cccc(Cl)c2F)CC1. The first kappa shape index (κ1) is 16.0. The third-order valence-corrected chi connectivity index (χ3v) is 4.34. The van der Waals surface area contributed by atoms with Gasteiger partial charge in [-0.2, -0.15) is 0 Å². The second-order valence-corrected chi connectivity index (χ2v) is 6.07. The van der Waals surface area contributed by atoms with Crippen molar-refractivity contribution >= 4 is 23.1 Å². The van der Waals surface area contributed by atoms with E-state index in [-0.39, 0.29) is 11.1 Å². The molecule has 2 aromatic rings. The van der Waals surface area contributed by atoms with Crippen molar-refractivity contribution in [3.05, 3.63) is 52.9 Å². The molecule has 0 spiro atoms. The maximum Gasteiger partial charge on any atom is 0.151 e. The normalized spacial score (nSPS) is 15.7. The maximum atomic E-state index is 14.0. The molecule has 4 nitrogen and oxygen atoms in total. The molecule has 1 saturated heterocycles. The summed E-state index contributed by atoms with van der Waals surface area (Å²) in [6, 6.07) is 8.75. The van der Waals surface area contributed by atoms with Gasteiger partial charge in [0.1, 0.15) is 5.82 Å². The summed E-state index contributed by atoms with van der Waals surface area (Å²) in [6.07, 6.45) is 2.98. The monoisotopic (exact) mass is 335 g/mol. The van der Waals surface area contributed by atoms with Crippen molar-refractivity contribution in [2.24, 2.45) is 0 Å². The largest absolute Gasteiger partial charge is 0.393 e. The molecule has 1 fully saturated rings. The van der Waals surface area contributed by atoms with E-state index in [1.54, 1.807) is 18.3 Å². The Morgan fingerprint density at radius 1 is 1.26 bits per heavy atom. The minimum absolute atomic E-state index is 0.126. The van der Waals surface area contributed by atoms with Gasteiger partial charge in [0.15, 0.2) is 5.82 Å². The molecule has 0 saturated carbocycles. The molecule has 23 heavy (non-hydrogen) atoms. The number of piperidine rings is 1. The first-order valence-corrected chi connectivity index (χ1v) is 8.07. The molecule has 122 valence electrons. The van der Waals surface area contributed by atoms with Crippen LogP contribution in [0.3, 0.4) is 0 Å². The number of nitrogens with one attached hydrogen (secondary N) is 1. The van der Waals surface area contributed by atoms with Crippen LogP contribution >= 0.6 is 11.6 Å². The Morgan fingerprint density at radius 3 is 2.83 bits per heavy atom. The summed E-state index contributed by atoms with van der Waals surface area (Å²) in [5.74, 6) is 0.440. The molecule has 1 aliphatic rings. The van der Waals surface area contributed by atoms with Gasteiger partial charge in [-0.05, 0) is 31.0 Å². The second kappa shape index (κ2) is 7.15. The highest BCUT2D eigenvalue weighted by Gasteiger charge is 2.20. The van der Waals surface area contributed by atoms with Crippen molar-refractivity contribution in [2.75, 3.05) is 23.3 Å². The fourth-order valence-corrected chi connectivity index (χ4v) is 2.93. The van der Waals surface area contributed by atoms with E-state index in [0.29, 0.717) is 12.1 Å². The van der Waals surface area contributed by atoms with E-state index in [4.69, 9.17) is 11.6 Å². The number of benzene rings is 1. The Morgan fingerprint density at radius 2 is 2.04 bits per heavy atom. The summed E-state index contributed by atoms with van der Waals surface area (Å²) in [4.78, 5) is 6.58. The van der Waals surface area contributed by atoms with E-state index < -0.39 is 5.82 Å². The third-order valence-electron chi connectivity index (χ3n) is 4.05. The fourth-order valence-electron chi connectivity index (χ4n) is 2.74. The Balaban J connectivity index is 1.74. The van der Waals surface area contributed by atoms with Gasteiger partial charge in [-0.3, -0.25) is 0 Å². The molecule has 1 aromatic carbocycles. The molecule has 2 heterocycles. The topological polar surface area (TPSA) is 48.4 Å². The summed E-state index contributed by atoms with van der Waals surface area (Å²) in [7, 11) is 0. The van der Waals surface area contributed by atoms with Gasteiger partial charge >= 0.3 is 0 Å². The average molecular weight is 336 g/mol. The molecule has 0 atom stereocenters. The molecule has 6 heteroatoms. The van der Waals surface area contributed by atoms with E-state index in [2.05, 4.69) is 15.2 Å². The van der Waals surface area contributed by atoms with Crippen molar-refractivity contribution in [3.8, 4) is 0 Å². The Kier molecular flexibility index (Phi) is 4.98. The minimum Gasteiger partial charge on any atom is -0.393 e. The number of aliphatic hydroxyl groups excluding tert-OH is 1. The molecule has 1 aliphatic heterocycles. The van der Waals surface area contributed by atoms with E-state index in [0.717, 1.165) is 37.4 Å². The van der Waals surface area contributed by atoms with Crippen molar-refractivity contribution in [1.82, 2.24) is 4.98 Å². The van der Waals surface area contributed by atoms with Gasteiger partial charge in [-0.1, -0.05) is 23.7 Å². The molecular weight excluding hydrogens is 317 g/mol. The van der Waals surface area contributed by atoms with E-state index >= 15 is 0 Å². The molecule has 0 aliphatic carbocycles. The lowest BCUT2D eigenvalue weighted by Crippen LogP contribution is -2.36. The predicted octanol–water partition coefficient (Wildman–Crippen LogP) is 3.45. The van der Waals surface area contributed by atoms with Crippen LogP contribution in [0.4, 0.5) is 15.9 Å². The first-order valence-electron chi connectivity index (χ1n) is 7.70. The van der Waals surface area contributed by atoms with Crippen molar-refractivity contribution in [1.29, 1.82) is 0 Å². The predicted molar refractivity (Wildman–Crippen MR) is 90.4 cm³/mol. The average Bonchev–Trinajstić information content (AvgIpc) is 2.57. The molecule has 0 bridgehead atoms. The van der Waals surface area contributed by atoms with Crippen LogP contribution in [0.15, 0.2) is 36.5 Å². The van der Waals surface area contributed by atoms with Crippen LogP contribution in [-0.2, 0) is 6.54 Å². The first-order chi connectivity index (χ1) is 11.1. The zero-order chi connectivity index (χ0) is 16.2. The molecular formula is C17H19ClFN3O. The number of halogens is 2. The van der Waals surface area contributed by atoms with Gasteiger partial charge in [0, 0.05) is 31.4 Å². The van der Waals surface area contributed by atoms with Gasteiger partial charge in [0.25, 0.3) is 0 Å². The number of anilines is 2. The van der Waals surface area contributed by atoms with Gasteiger partial charge in [0.05, 0.1) is 16.8 Å². The number of aromatic nitrogens is 1. The quantitative estimate of drug-likeness (QED) is 0.898. The highest BCUT2D eigenvalue weighted by atomic mass is 35.5. The van der Waals surface area contributed by atoms with Crippen LogP contribution in [0.1, 0.15) is 18.4 Å². The van der Waals surface area contributed by atoms with Crippen LogP contribution in [0, 0.1) is 5.82 Å². The lowest BCUT2D eigenvalue weighted by atomic mass is 10.1. The number of nitrogens with zero attached hydrogens (tertiary/aromatic N) is 2. The lowest BCUT2D eigenvalue weighted by molar-refractivity contribution is 0.145. The molecule has 2 N–H and O–H groups in total. The van der Waals surface area contributed by atoms with Gasteiger partial charge < -0.3 is 15.3 Å². The molecule has 0 amide bonds. The van der Waals surface area contributed by atoms with Crippen LogP contribution in [0.25, 0.3) is 0 Å². The van der Waals surface area contributed by atoms with Gasteiger partial charge in [-0.25, -0.2) is 9.37 Å². The summed E-state index contributed by atoms with van der Waals surface area (Å²) >= 11 is 5.82. The highest BCUT2D eigenvalue weighted by Crippen LogP contribution is 2.27. The Bertz CT molecular complexity index is 675. The van der Waals surface area contributed by atoms with E-state index in [1.807, 2.05) is 12.1 Å². The number of rotatable bonds is 4. The number of hydrogen-bond acceptors (Lipinski definition) is 4.